The minimum atomic E-state index is -4.49. The Bertz CT molecular complexity index is 468. The van der Waals surface area contributed by atoms with E-state index in [0.717, 1.165) is 4.90 Å². The quantitative estimate of drug-likeness (QED) is 0.226. The van der Waals surface area contributed by atoms with E-state index in [1.165, 1.54) is 14.1 Å². The van der Waals surface area contributed by atoms with Crippen LogP contribution in [0.3, 0.4) is 0 Å². The number of alkyl halides is 6. The summed E-state index contributed by atoms with van der Waals surface area (Å²) in [6.45, 7) is -1.41. The number of nitrogens with zero attached hydrogens (tertiary/aromatic N) is 2. The maximum atomic E-state index is 12.3. The molecule has 0 rings (SSSR count). The summed E-state index contributed by atoms with van der Waals surface area (Å²) in [7, 11) is -1.68. The minimum absolute atomic E-state index is 0.662. The predicted octanol–water partition coefficient (Wildman–Crippen LogP) is 4.53. The number of carbonyl (C=O) groups is 1. The molecule has 0 aliphatic rings. The van der Waals surface area contributed by atoms with Crippen LogP contribution in [0.4, 0.5) is 0 Å². The second-order valence-electron chi connectivity index (χ2n) is 3.89. The molecule has 0 heterocycles. The first-order valence-corrected chi connectivity index (χ1v) is 9.42. The van der Waals surface area contributed by atoms with Crippen molar-refractivity contribution in [2.75, 3.05) is 27.3 Å². The SMILES string of the molecule is CN(C)C(=O)/C(Cl)=N/OP(=O)(OCC(Cl)(Cl)Cl)OCC(Cl)(Cl)Cl. The average Bonchev–Trinajstić information content (AvgIpc) is 2.38. The number of phosphoric acid groups is 1. The number of amides is 1. The van der Waals surface area contributed by atoms with Crippen molar-refractivity contribution in [2.45, 2.75) is 7.59 Å². The molecule has 0 atom stereocenters. The van der Waals surface area contributed by atoms with Gasteiger partial charge in [-0.2, -0.15) is 0 Å². The van der Waals surface area contributed by atoms with Gasteiger partial charge in [-0.1, -0.05) is 86.4 Å². The van der Waals surface area contributed by atoms with Gasteiger partial charge in [0.1, 0.15) is 13.2 Å². The van der Waals surface area contributed by atoms with E-state index in [1.807, 2.05) is 0 Å². The van der Waals surface area contributed by atoms with Crippen molar-refractivity contribution in [1.29, 1.82) is 0 Å². The van der Waals surface area contributed by atoms with Crippen LogP contribution in [0.2, 0.25) is 0 Å². The van der Waals surface area contributed by atoms with Gasteiger partial charge in [0.2, 0.25) is 12.8 Å². The van der Waals surface area contributed by atoms with Crippen LogP contribution < -0.4 is 0 Å². The van der Waals surface area contributed by atoms with Gasteiger partial charge in [0.15, 0.2) is 0 Å². The van der Waals surface area contributed by atoms with Gasteiger partial charge in [0, 0.05) is 14.1 Å². The van der Waals surface area contributed by atoms with Gasteiger partial charge in [-0.25, -0.2) is 4.57 Å². The summed E-state index contributed by atoms with van der Waals surface area (Å²) >= 11 is 38.3. The first kappa shape index (κ1) is 24.1. The number of halogens is 7. The second-order valence-corrected chi connectivity index (χ2v) is 10.9. The molecule has 23 heavy (non-hydrogen) atoms. The Morgan fingerprint density at radius 3 is 1.74 bits per heavy atom. The predicted molar refractivity (Wildman–Crippen MR) is 93.2 cm³/mol. The lowest BCUT2D eigenvalue weighted by Gasteiger charge is -2.20. The Morgan fingerprint density at radius 2 is 1.43 bits per heavy atom. The molecule has 0 unspecified atom stereocenters. The van der Waals surface area contributed by atoms with E-state index in [1.54, 1.807) is 0 Å². The lowest BCUT2D eigenvalue weighted by atomic mass is 10.6. The molecule has 0 aromatic heterocycles. The molecule has 0 N–H and O–H groups in total. The number of hydrogen-bond acceptors (Lipinski definition) is 6. The fourth-order valence-corrected chi connectivity index (χ4v) is 2.79. The zero-order valence-corrected chi connectivity index (χ0v) is 17.6. The number of rotatable bonds is 7. The third kappa shape index (κ3) is 12.2. The van der Waals surface area contributed by atoms with Crippen molar-refractivity contribution in [3.05, 3.63) is 0 Å². The topological polar surface area (TPSA) is 77.4 Å². The summed E-state index contributed by atoms with van der Waals surface area (Å²) in [5.41, 5.74) is 0. The van der Waals surface area contributed by atoms with Crippen LogP contribution >= 0.6 is 89.0 Å². The van der Waals surface area contributed by atoms with Crippen LogP contribution in [0.25, 0.3) is 0 Å². The van der Waals surface area contributed by atoms with Crippen LogP contribution in [0.1, 0.15) is 0 Å². The Kier molecular flexibility index (Phi) is 10.2. The van der Waals surface area contributed by atoms with Gasteiger partial charge < -0.3 is 4.90 Å². The van der Waals surface area contributed by atoms with E-state index in [2.05, 4.69) is 9.78 Å². The molecular weight excluding hydrogens is 483 g/mol. The first-order valence-electron chi connectivity index (χ1n) is 5.32. The molecule has 0 radical (unpaired) electrons. The van der Waals surface area contributed by atoms with E-state index in [-0.39, 0.29) is 0 Å². The van der Waals surface area contributed by atoms with E-state index in [9.17, 15) is 9.36 Å². The molecule has 0 aliphatic carbocycles. The average molecular weight is 493 g/mol. The molecule has 1 amide bonds. The lowest BCUT2D eigenvalue weighted by Crippen LogP contribution is -2.27. The number of oxime groups is 1. The fourth-order valence-electron chi connectivity index (χ4n) is 0.698. The highest BCUT2D eigenvalue weighted by molar-refractivity contribution is 7.48. The molecule has 0 aromatic rings. The van der Waals surface area contributed by atoms with Crippen molar-refractivity contribution in [3.63, 3.8) is 0 Å². The zero-order chi connectivity index (χ0) is 18.5. The number of phosphoric ester groups is 1. The number of hydrogen-bond donors (Lipinski definition) is 0. The molecule has 136 valence electrons. The summed E-state index contributed by atoms with van der Waals surface area (Å²) in [5, 5.41) is 2.48. The van der Waals surface area contributed by atoms with Crippen molar-refractivity contribution < 1.29 is 23.0 Å². The van der Waals surface area contributed by atoms with Gasteiger partial charge in [0.25, 0.3) is 5.91 Å². The summed E-state index contributed by atoms with van der Waals surface area (Å²) in [5.74, 6) is -0.735. The van der Waals surface area contributed by atoms with Crippen molar-refractivity contribution in [1.82, 2.24) is 4.90 Å². The zero-order valence-electron chi connectivity index (χ0n) is 11.4. The van der Waals surface area contributed by atoms with Gasteiger partial charge >= 0.3 is 7.82 Å². The molecule has 0 saturated carbocycles. The molecule has 0 bridgehead atoms. The van der Waals surface area contributed by atoms with Crippen LogP contribution in [0.5, 0.6) is 0 Å². The Labute approximate surface area is 167 Å². The Hall–Kier alpha value is 1.12. The maximum Gasteiger partial charge on any atom is 0.550 e. The van der Waals surface area contributed by atoms with Crippen LogP contribution in [0.15, 0.2) is 5.16 Å². The fraction of sp³-hybridized carbons (Fsp3) is 0.750. The molecule has 0 saturated heterocycles. The van der Waals surface area contributed by atoms with Crippen LogP contribution in [0, 0.1) is 0 Å². The van der Waals surface area contributed by atoms with E-state index >= 15 is 0 Å². The molecular formula is C8H10Cl7N2O5P. The Balaban J connectivity index is 5.08. The standard InChI is InChI=1S/C8H10Cl7N2O5P/c1-17(2)6(18)5(9)16-22-23(19,20-3-7(10,11)12)21-4-8(13,14)15/h3-4H2,1-2H3/b16-5-. The lowest BCUT2D eigenvalue weighted by molar-refractivity contribution is -0.121. The number of carbonyl (C=O) groups excluding carboxylic acids is 1. The van der Waals surface area contributed by atoms with Crippen molar-refractivity contribution in [2.24, 2.45) is 5.16 Å². The van der Waals surface area contributed by atoms with Gasteiger partial charge in [-0.05, 0) is 0 Å². The van der Waals surface area contributed by atoms with Crippen LogP contribution in [-0.2, 0) is 23.0 Å². The maximum absolute atomic E-state index is 12.3. The monoisotopic (exact) mass is 490 g/mol. The van der Waals surface area contributed by atoms with Crippen molar-refractivity contribution in [3.8, 4) is 0 Å². The molecule has 0 aromatic carbocycles. The molecule has 0 aliphatic heterocycles. The van der Waals surface area contributed by atoms with Crippen molar-refractivity contribution >= 4 is 100 Å². The summed E-state index contributed by atoms with van der Waals surface area (Å²) in [4.78, 5) is 12.6. The highest BCUT2D eigenvalue weighted by Gasteiger charge is 2.37. The highest BCUT2D eigenvalue weighted by Crippen LogP contribution is 2.52. The third-order valence-corrected chi connectivity index (χ3v) is 3.63. The van der Waals surface area contributed by atoms with E-state index in [4.69, 9.17) is 90.3 Å². The molecule has 15 heteroatoms. The minimum Gasteiger partial charge on any atom is -0.343 e. The summed E-state index contributed by atoms with van der Waals surface area (Å²) in [6.07, 6.45) is 0. The largest absolute Gasteiger partial charge is 0.550 e. The van der Waals surface area contributed by atoms with Gasteiger partial charge in [-0.15, -0.1) is 0 Å². The molecule has 0 spiro atoms. The Morgan fingerprint density at radius 1 is 1.04 bits per heavy atom. The smallest absolute Gasteiger partial charge is 0.343 e. The summed E-state index contributed by atoms with van der Waals surface area (Å²) in [6, 6.07) is 0. The van der Waals surface area contributed by atoms with Crippen LogP contribution in [-0.4, -0.2) is 50.9 Å². The van der Waals surface area contributed by atoms with E-state index < -0.39 is 39.7 Å². The highest BCUT2D eigenvalue weighted by atomic mass is 35.6. The molecule has 0 fully saturated rings. The van der Waals surface area contributed by atoms with Gasteiger partial charge in [0.05, 0.1) is 0 Å². The summed E-state index contributed by atoms with van der Waals surface area (Å²) < 4.78 is 22.4. The normalized spacial score (nSPS) is 13.9. The second kappa shape index (κ2) is 9.72. The first-order chi connectivity index (χ1) is 10.2. The molecule has 7 nitrogen and oxygen atoms in total. The van der Waals surface area contributed by atoms with Gasteiger partial charge in [-0.3, -0.25) is 18.5 Å². The van der Waals surface area contributed by atoms with E-state index in [0.29, 0.717) is 0 Å². The third-order valence-electron chi connectivity index (χ3n) is 1.58.